The van der Waals surface area contributed by atoms with E-state index in [1.165, 1.54) is 6.42 Å². The Labute approximate surface area is 256 Å². The number of alkyl halides is 1. The van der Waals surface area contributed by atoms with Crippen LogP contribution in [0.15, 0.2) is 42.5 Å². The van der Waals surface area contributed by atoms with Crippen molar-refractivity contribution < 1.29 is 18.6 Å². The van der Waals surface area contributed by atoms with Gasteiger partial charge in [-0.1, -0.05) is 31.2 Å². The molecule has 0 saturated carbocycles. The molecule has 44 heavy (non-hydrogen) atoms. The molecular formula is C35H39F2N5O2. The Morgan fingerprint density at radius 2 is 1.93 bits per heavy atom. The third kappa shape index (κ3) is 4.67. The summed E-state index contributed by atoms with van der Waals surface area (Å²) in [6.07, 6.45) is 5.52. The summed E-state index contributed by atoms with van der Waals surface area (Å²) in [5, 5.41) is 16.8. The van der Waals surface area contributed by atoms with E-state index in [-0.39, 0.29) is 29.4 Å². The van der Waals surface area contributed by atoms with E-state index in [1.807, 2.05) is 24.3 Å². The smallest absolute Gasteiger partial charge is 0.319 e. The van der Waals surface area contributed by atoms with E-state index in [2.05, 4.69) is 22.0 Å². The molecule has 0 amide bonds. The van der Waals surface area contributed by atoms with Gasteiger partial charge >= 0.3 is 6.01 Å². The van der Waals surface area contributed by atoms with Gasteiger partial charge in [-0.25, -0.2) is 8.78 Å². The van der Waals surface area contributed by atoms with E-state index in [9.17, 15) is 9.50 Å². The van der Waals surface area contributed by atoms with E-state index in [4.69, 9.17) is 14.7 Å². The first-order valence-corrected chi connectivity index (χ1v) is 16.2. The van der Waals surface area contributed by atoms with Gasteiger partial charge < -0.3 is 20.1 Å². The minimum atomic E-state index is -0.864. The molecule has 3 aromatic carbocycles. The summed E-state index contributed by atoms with van der Waals surface area (Å²) in [6.45, 7) is 5.25. The SMILES string of the molecule is CCc1cccc2cc(O)cc(-c3ccc4c(N5CC[C@H]6CC[C@@H](C5)N6)nc(OC[C@@]56CCCN5C[C@H](F)C6)nc4c3F)c12. The maximum absolute atomic E-state index is 16.9. The number of ether oxygens (including phenoxy) is 1. The van der Waals surface area contributed by atoms with Crippen molar-refractivity contribution in [3.05, 3.63) is 53.8 Å². The number of phenolic OH excluding ortho intramolecular Hbond substituents is 1. The van der Waals surface area contributed by atoms with Crippen LogP contribution in [0, 0.1) is 5.82 Å². The molecule has 4 aromatic rings. The monoisotopic (exact) mass is 599 g/mol. The lowest BCUT2D eigenvalue weighted by Gasteiger charge is -2.31. The molecule has 2 N–H and O–H groups in total. The number of anilines is 1. The molecular weight excluding hydrogens is 560 g/mol. The summed E-state index contributed by atoms with van der Waals surface area (Å²) in [4.78, 5) is 14.1. The van der Waals surface area contributed by atoms with Gasteiger partial charge in [-0.15, -0.1) is 0 Å². The molecule has 8 rings (SSSR count). The van der Waals surface area contributed by atoms with Crippen molar-refractivity contribution in [3.8, 4) is 22.9 Å². The van der Waals surface area contributed by atoms with Crippen LogP contribution in [0.4, 0.5) is 14.6 Å². The second-order valence-electron chi connectivity index (χ2n) is 13.3. The molecule has 5 heterocycles. The number of benzene rings is 3. The van der Waals surface area contributed by atoms with Gasteiger partial charge in [-0.05, 0) is 85.2 Å². The molecule has 0 aliphatic carbocycles. The van der Waals surface area contributed by atoms with Crippen LogP contribution in [0.1, 0.15) is 51.0 Å². The highest BCUT2D eigenvalue weighted by Crippen LogP contribution is 2.42. The number of halogens is 2. The zero-order valence-electron chi connectivity index (χ0n) is 25.2. The second-order valence-corrected chi connectivity index (χ2v) is 13.3. The van der Waals surface area contributed by atoms with Crippen LogP contribution in [0.5, 0.6) is 11.8 Å². The van der Waals surface area contributed by atoms with Gasteiger partial charge in [0, 0.05) is 49.1 Å². The van der Waals surface area contributed by atoms with Gasteiger partial charge in [0.25, 0.3) is 0 Å². The Balaban J connectivity index is 1.26. The van der Waals surface area contributed by atoms with E-state index < -0.39 is 12.0 Å². The fourth-order valence-electron chi connectivity index (χ4n) is 8.42. The van der Waals surface area contributed by atoms with Crippen LogP contribution in [0.3, 0.4) is 0 Å². The van der Waals surface area contributed by atoms with Gasteiger partial charge in [0.2, 0.25) is 0 Å². The minimum Gasteiger partial charge on any atom is -0.508 e. The van der Waals surface area contributed by atoms with Crippen LogP contribution >= 0.6 is 0 Å². The Bertz CT molecular complexity index is 1750. The molecule has 7 nitrogen and oxygen atoms in total. The zero-order valence-corrected chi connectivity index (χ0v) is 25.2. The largest absolute Gasteiger partial charge is 0.508 e. The molecule has 0 unspecified atom stereocenters. The van der Waals surface area contributed by atoms with Crippen LogP contribution in [-0.4, -0.2) is 76.6 Å². The second kappa shape index (κ2) is 10.8. The fourth-order valence-corrected chi connectivity index (χ4v) is 8.42. The molecule has 4 aliphatic rings. The van der Waals surface area contributed by atoms with Crippen molar-refractivity contribution in [2.45, 2.75) is 75.7 Å². The standard InChI is InChI=1S/C35H39F2N5O2/c1-2-21-5-3-6-22-15-26(43)16-29(30(21)22)27-9-10-28-32(31(27)37)39-34(44-20-35-12-4-13-42(35)18-23(36)17-35)40-33(28)41-14-11-24-7-8-25(19-41)38-24/h3,5-6,9-10,15-16,23-25,38,43H,2,4,7-8,11-14,17-20H2,1H3/t23-,24-,25+,35+/m1/s1. The Hall–Kier alpha value is -3.56. The minimum absolute atomic E-state index is 0.0860. The maximum atomic E-state index is 16.9. The van der Waals surface area contributed by atoms with E-state index in [0.717, 1.165) is 68.1 Å². The number of nitrogens with one attached hydrogen (secondary N) is 1. The Morgan fingerprint density at radius 3 is 2.82 bits per heavy atom. The lowest BCUT2D eigenvalue weighted by molar-refractivity contribution is 0.107. The van der Waals surface area contributed by atoms with Crippen molar-refractivity contribution in [2.75, 3.05) is 37.7 Å². The number of fused-ring (bicyclic) bond motifs is 5. The Kier molecular flexibility index (Phi) is 6.86. The molecule has 2 bridgehead atoms. The number of rotatable bonds is 6. The van der Waals surface area contributed by atoms with Crippen LogP contribution in [0.2, 0.25) is 0 Å². The Morgan fingerprint density at radius 1 is 1.05 bits per heavy atom. The average molecular weight is 600 g/mol. The number of aromatic hydroxyl groups is 1. The highest BCUT2D eigenvalue weighted by atomic mass is 19.1. The summed E-state index contributed by atoms with van der Waals surface area (Å²) in [7, 11) is 0. The van der Waals surface area contributed by atoms with Gasteiger partial charge in [0.1, 0.15) is 29.9 Å². The molecule has 1 aromatic heterocycles. The number of hydrogen-bond acceptors (Lipinski definition) is 7. The van der Waals surface area contributed by atoms with Crippen molar-refractivity contribution >= 4 is 27.5 Å². The first-order valence-electron chi connectivity index (χ1n) is 16.2. The van der Waals surface area contributed by atoms with Gasteiger partial charge in [-0.2, -0.15) is 9.97 Å². The highest BCUT2D eigenvalue weighted by molar-refractivity contribution is 6.03. The molecule has 9 heteroatoms. The van der Waals surface area contributed by atoms with Gasteiger partial charge in [-0.3, -0.25) is 4.90 Å². The van der Waals surface area contributed by atoms with Crippen molar-refractivity contribution in [3.63, 3.8) is 0 Å². The predicted octanol–water partition coefficient (Wildman–Crippen LogP) is 6.14. The summed E-state index contributed by atoms with van der Waals surface area (Å²) in [5.41, 5.74) is 1.94. The number of aromatic nitrogens is 2. The zero-order chi connectivity index (χ0) is 30.0. The summed E-state index contributed by atoms with van der Waals surface area (Å²) >= 11 is 0. The molecule has 0 spiro atoms. The molecule has 230 valence electrons. The summed E-state index contributed by atoms with van der Waals surface area (Å²) < 4.78 is 37.7. The predicted molar refractivity (Wildman–Crippen MR) is 169 cm³/mol. The average Bonchev–Trinajstić information content (AvgIpc) is 3.66. The van der Waals surface area contributed by atoms with Gasteiger partial charge in [0.05, 0.1) is 5.54 Å². The molecule has 4 aliphatic heterocycles. The molecule has 0 radical (unpaired) electrons. The lowest BCUT2D eigenvalue weighted by Crippen LogP contribution is -2.43. The third-order valence-corrected chi connectivity index (χ3v) is 10.5. The summed E-state index contributed by atoms with van der Waals surface area (Å²) in [6, 6.07) is 14.0. The van der Waals surface area contributed by atoms with Crippen LogP contribution in [-0.2, 0) is 6.42 Å². The molecule has 4 atom stereocenters. The fraction of sp³-hybridized carbons (Fsp3) is 0.486. The van der Waals surface area contributed by atoms with Crippen molar-refractivity contribution in [2.24, 2.45) is 0 Å². The van der Waals surface area contributed by atoms with Crippen molar-refractivity contribution in [1.82, 2.24) is 20.2 Å². The lowest BCUT2D eigenvalue weighted by atomic mass is 9.92. The van der Waals surface area contributed by atoms with Crippen LogP contribution < -0.4 is 15.0 Å². The first-order chi connectivity index (χ1) is 21.4. The normalized spacial score (nSPS) is 26.9. The quantitative estimate of drug-likeness (QED) is 0.276. The number of nitrogens with zero attached hydrogens (tertiary/aromatic N) is 4. The van der Waals surface area contributed by atoms with E-state index in [1.54, 1.807) is 18.2 Å². The van der Waals surface area contributed by atoms with Crippen molar-refractivity contribution in [1.29, 1.82) is 0 Å². The van der Waals surface area contributed by atoms with E-state index in [0.29, 0.717) is 47.4 Å². The first kappa shape index (κ1) is 28.0. The topological polar surface area (TPSA) is 73.8 Å². The third-order valence-electron chi connectivity index (χ3n) is 10.5. The van der Waals surface area contributed by atoms with Gasteiger partial charge in [0.15, 0.2) is 5.82 Å². The molecule has 4 fully saturated rings. The number of phenols is 1. The highest BCUT2D eigenvalue weighted by Gasteiger charge is 2.49. The number of aryl methyl sites for hydroxylation is 1. The maximum Gasteiger partial charge on any atom is 0.319 e. The van der Waals surface area contributed by atoms with E-state index >= 15 is 4.39 Å². The number of hydrogen-bond donors (Lipinski definition) is 2. The summed E-state index contributed by atoms with van der Waals surface area (Å²) in [5.74, 6) is 0.298. The molecule has 4 saturated heterocycles. The van der Waals surface area contributed by atoms with Crippen LogP contribution in [0.25, 0.3) is 32.8 Å².